The third kappa shape index (κ3) is 2.07. The average molecular weight is 195 g/mol. The molecule has 1 aliphatic heterocycles. The van der Waals surface area contributed by atoms with Gasteiger partial charge in [-0.1, -0.05) is 0 Å². The molecule has 1 aliphatic rings. The van der Waals surface area contributed by atoms with Crippen molar-refractivity contribution in [2.75, 3.05) is 12.3 Å². The lowest BCUT2D eigenvalue weighted by Crippen LogP contribution is -2.25. The Kier molecular flexibility index (Phi) is 2.72. The molecule has 0 radical (unpaired) electrons. The molecular formula is C10H17N3O. The van der Waals surface area contributed by atoms with Gasteiger partial charge in [0.2, 0.25) is 0 Å². The van der Waals surface area contributed by atoms with E-state index in [0.29, 0.717) is 11.9 Å². The van der Waals surface area contributed by atoms with E-state index in [0.717, 1.165) is 25.3 Å². The molecule has 4 nitrogen and oxygen atoms in total. The lowest BCUT2D eigenvalue weighted by atomic mass is 10.1. The minimum atomic E-state index is 0.321. The molecule has 14 heavy (non-hydrogen) atoms. The average Bonchev–Trinajstić information content (AvgIpc) is 2.47. The molecule has 0 saturated carbocycles. The molecule has 0 aromatic carbocycles. The van der Waals surface area contributed by atoms with E-state index in [4.69, 9.17) is 10.5 Å². The van der Waals surface area contributed by atoms with Gasteiger partial charge < -0.3 is 10.5 Å². The zero-order valence-electron chi connectivity index (χ0n) is 8.57. The van der Waals surface area contributed by atoms with Gasteiger partial charge in [-0.3, -0.25) is 4.68 Å². The smallest absolute Gasteiger partial charge is 0.145 e. The molecule has 4 heteroatoms. The summed E-state index contributed by atoms with van der Waals surface area (Å²) < 4.78 is 7.58. The lowest BCUT2D eigenvalue weighted by Gasteiger charge is -2.22. The number of rotatable bonds is 2. The standard InChI is InChI=1S/C10H17N3O/c1-8-6-10(11)12-13(8)7-9-4-2-3-5-14-9/h6,9H,2-5,7H2,1H3,(H2,11,12). The summed E-state index contributed by atoms with van der Waals surface area (Å²) in [5.41, 5.74) is 6.72. The van der Waals surface area contributed by atoms with E-state index in [2.05, 4.69) is 5.10 Å². The SMILES string of the molecule is Cc1cc(N)nn1CC1CCCCO1. The van der Waals surface area contributed by atoms with Crippen LogP contribution in [0.3, 0.4) is 0 Å². The van der Waals surface area contributed by atoms with Gasteiger partial charge in [-0.05, 0) is 26.2 Å². The van der Waals surface area contributed by atoms with Crippen LogP contribution in [-0.4, -0.2) is 22.5 Å². The summed E-state index contributed by atoms with van der Waals surface area (Å²) in [7, 11) is 0. The molecule has 78 valence electrons. The highest BCUT2D eigenvalue weighted by atomic mass is 16.5. The second-order valence-electron chi connectivity index (χ2n) is 3.88. The molecule has 0 bridgehead atoms. The molecule has 0 aliphatic carbocycles. The summed E-state index contributed by atoms with van der Waals surface area (Å²) in [5.74, 6) is 0.596. The minimum absolute atomic E-state index is 0.321. The molecule has 1 atom stereocenters. The topological polar surface area (TPSA) is 53.1 Å². The summed E-state index contributed by atoms with van der Waals surface area (Å²) in [6.07, 6.45) is 3.91. The number of nitrogen functional groups attached to an aromatic ring is 1. The van der Waals surface area contributed by atoms with Crippen LogP contribution in [0.15, 0.2) is 6.07 Å². The van der Waals surface area contributed by atoms with Crippen molar-refractivity contribution < 1.29 is 4.74 Å². The normalized spacial score (nSPS) is 22.5. The van der Waals surface area contributed by atoms with Crippen LogP contribution in [0.25, 0.3) is 0 Å². The molecule has 1 fully saturated rings. The number of aryl methyl sites for hydroxylation is 1. The molecule has 2 N–H and O–H groups in total. The zero-order chi connectivity index (χ0) is 9.97. The molecule has 0 amide bonds. The number of nitrogens with zero attached hydrogens (tertiary/aromatic N) is 2. The highest BCUT2D eigenvalue weighted by Gasteiger charge is 2.15. The maximum absolute atomic E-state index is 5.64. The van der Waals surface area contributed by atoms with Crippen molar-refractivity contribution >= 4 is 5.82 Å². The van der Waals surface area contributed by atoms with Gasteiger partial charge in [-0.25, -0.2) is 0 Å². The Balaban J connectivity index is 1.98. The Labute approximate surface area is 84.0 Å². The molecule has 1 saturated heterocycles. The maximum Gasteiger partial charge on any atom is 0.145 e. The fourth-order valence-electron chi connectivity index (χ4n) is 1.86. The van der Waals surface area contributed by atoms with Crippen molar-refractivity contribution in [1.29, 1.82) is 0 Å². The summed E-state index contributed by atoms with van der Waals surface area (Å²) in [6, 6.07) is 1.89. The Morgan fingerprint density at radius 3 is 3.07 bits per heavy atom. The van der Waals surface area contributed by atoms with Gasteiger partial charge in [-0.2, -0.15) is 5.10 Å². The predicted molar refractivity (Wildman–Crippen MR) is 55.0 cm³/mol. The molecule has 2 heterocycles. The van der Waals surface area contributed by atoms with Gasteiger partial charge in [0, 0.05) is 18.4 Å². The van der Waals surface area contributed by atoms with Crippen LogP contribution in [0.4, 0.5) is 5.82 Å². The van der Waals surface area contributed by atoms with E-state index in [1.165, 1.54) is 12.8 Å². The van der Waals surface area contributed by atoms with Crippen LogP contribution < -0.4 is 5.73 Å². The van der Waals surface area contributed by atoms with E-state index < -0.39 is 0 Å². The second kappa shape index (κ2) is 4.00. The molecule has 1 unspecified atom stereocenters. The monoisotopic (exact) mass is 195 g/mol. The summed E-state index contributed by atoms with van der Waals surface area (Å²) in [4.78, 5) is 0. The predicted octanol–water partition coefficient (Wildman–Crippen LogP) is 1.34. The number of hydrogen-bond acceptors (Lipinski definition) is 3. The molecule has 1 aromatic rings. The first-order valence-electron chi connectivity index (χ1n) is 5.17. The van der Waals surface area contributed by atoms with Crippen molar-refractivity contribution in [2.24, 2.45) is 0 Å². The molecule has 1 aromatic heterocycles. The Morgan fingerprint density at radius 1 is 1.64 bits per heavy atom. The van der Waals surface area contributed by atoms with Crippen LogP contribution in [0, 0.1) is 6.92 Å². The number of nitrogens with two attached hydrogens (primary N) is 1. The Morgan fingerprint density at radius 2 is 2.50 bits per heavy atom. The largest absolute Gasteiger partial charge is 0.382 e. The lowest BCUT2D eigenvalue weighted by molar-refractivity contribution is 0.00370. The van der Waals surface area contributed by atoms with Crippen molar-refractivity contribution in [3.63, 3.8) is 0 Å². The van der Waals surface area contributed by atoms with Crippen molar-refractivity contribution in [1.82, 2.24) is 9.78 Å². The van der Waals surface area contributed by atoms with Crippen LogP contribution >= 0.6 is 0 Å². The number of ether oxygens (including phenoxy) is 1. The summed E-state index contributed by atoms with van der Waals surface area (Å²) in [6.45, 7) is 3.75. The van der Waals surface area contributed by atoms with E-state index in [1.54, 1.807) is 0 Å². The summed E-state index contributed by atoms with van der Waals surface area (Å²) >= 11 is 0. The van der Waals surface area contributed by atoms with Gasteiger partial charge in [0.05, 0.1) is 12.6 Å². The Bertz CT molecular complexity index is 302. The van der Waals surface area contributed by atoms with Crippen LogP contribution in [-0.2, 0) is 11.3 Å². The molecule has 2 rings (SSSR count). The van der Waals surface area contributed by atoms with Crippen molar-refractivity contribution in [2.45, 2.75) is 38.8 Å². The quantitative estimate of drug-likeness (QED) is 0.774. The third-order valence-electron chi connectivity index (χ3n) is 2.65. The van der Waals surface area contributed by atoms with E-state index in [1.807, 2.05) is 17.7 Å². The Hall–Kier alpha value is -1.03. The van der Waals surface area contributed by atoms with E-state index >= 15 is 0 Å². The van der Waals surface area contributed by atoms with Crippen LogP contribution in [0.1, 0.15) is 25.0 Å². The van der Waals surface area contributed by atoms with Gasteiger partial charge >= 0.3 is 0 Å². The number of aromatic nitrogens is 2. The number of hydrogen-bond donors (Lipinski definition) is 1. The maximum atomic E-state index is 5.64. The first-order valence-corrected chi connectivity index (χ1v) is 5.17. The van der Waals surface area contributed by atoms with Crippen molar-refractivity contribution in [3.8, 4) is 0 Å². The summed E-state index contributed by atoms with van der Waals surface area (Å²) in [5, 5.41) is 4.22. The van der Waals surface area contributed by atoms with Crippen LogP contribution in [0.2, 0.25) is 0 Å². The first kappa shape index (κ1) is 9.52. The second-order valence-corrected chi connectivity index (χ2v) is 3.88. The highest BCUT2D eigenvalue weighted by Crippen LogP contribution is 2.15. The number of anilines is 1. The molecular weight excluding hydrogens is 178 g/mol. The first-order chi connectivity index (χ1) is 6.75. The molecule has 0 spiro atoms. The van der Waals surface area contributed by atoms with E-state index in [9.17, 15) is 0 Å². The zero-order valence-corrected chi connectivity index (χ0v) is 8.57. The van der Waals surface area contributed by atoms with E-state index in [-0.39, 0.29) is 0 Å². The fraction of sp³-hybridized carbons (Fsp3) is 0.700. The van der Waals surface area contributed by atoms with Gasteiger partial charge in [0.25, 0.3) is 0 Å². The fourth-order valence-corrected chi connectivity index (χ4v) is 1.86. The van der Waals surface area contributed by atoms with Crippen LogP contribution in [0.5, 0.6) is 0 Å². The van der Waals surface area contributed by atoms with Gasteiger partial charge in [-0.15, -0.1) is 0 Å². The third-order valence-corrected chi connectivity index (χ3v) is 2.65. The van der Waals surface area contributed by atoms with Crippen molar-refractivity contribution in [3.05, 3.63) is 11.8 Å². The minimum Gasteiger partial charge on any atom is -0.382 e. The highest BCUT2D eigenvalue weighted by molar-refractivity contribution is 5.28. The van der Waals surface area contributed by atoms with Gasteiger partial charge in [0.1, 0.15) is 5.82 Å². The van der Waals surface area contributed by atoms with Gasteiger partial charge in [0.15, 0.2) is 0 Å².